The van der Waals surface area contributed by atoms with Crippen LogP contribution in [0.25, 0.3) is 33.9 Å². The Balaban J connectivity index is 1.50. The Hall–Kier alpha value is -4.25. The highest BCUT2D eigenvalue weighted by molar-refractivity contribution is 5.81. The first-order valence-electron chi connectivity index (χ1n) is 10.3. The molecule has 1 N–H and O–H groups in total. The van der Waals surface area contributed by atoms with Gasteiger partial charge in [-0.15, -0.1) is 0 Å². The SMILES string of the molecule is Fc1ccc(-c2nc(-c3cccc(OCc4ccccc4)c3)[nH]c2-c2ccncc2)cc1. The van der Waals surface area contributed by atoms with E-state index in [9.17, 15) is 4.39 Å². The molecule has 0 amide bonds. The molecule has 0 spiro atoms. The summed E-state index contributed by atoms with van der Waals surface area (Å²) in [7, 11) is 0. The molecule has 0 radical (unpaired) electrons. The molecule has 0 atom stereocenters. The maximum atomic E-state index is 13.5. The summed E-state index contributed by atoms with van der Waals surface area (Å²) < 4.78 is 19.5. The summed E-state index contributed by atoms with van der Waals surface area (Å²) in [5, 5.41) is 0. The zero-order chi connectivity index (χ0) is 21.8. The van der Waals surface area contributed by atoms with Gasteiger partial charge in [-0.05, 0) is 54.1 Å². The van der Waals surface area contributed by atoms with E-state index in [0.29, 0.717) is 12.4 Å². The molecule has 0 aliphatic heterocycles. The monoisotopic (exact) mass is 421 g/mol. The standard InChI is InChI=1S/C27H20FN3O/c28-23-11-9-20(10-12-23)25-26(21-13-15-29-16-14-21)31-27(30-25)22-7-4-8-24(17-22)32-18-19-5-2-1-3-6-19/h1-17H,18H2,(H,30,31). The lowest BCUT2D eigenvalue weighted by molar-refractivity contribution is 0.306. The van der Waals surface area contributed by atoms with Gasteiger partial charge in [0.2, 0.25) is 0 Å². The van der Waals surface area contributed by atoms with Crippen molar-refractivity contribution in [2.75, 3.05) is 0 Å². The van der Waals surface area contributed by atoms with Crippen molar-refractivity contribution in [1.82, 2.24) is 15.0 Å². The van der Waals surface area contributed by atoms with Crippen LogP contribution in [0.3, 0.4) is 0 Å². The molecular formula is C27H20FN3O. The van der Waals surface area contributed by atoms with E-state index in [1.807, 2.05) is 66.7 Å². The van der Waals surface area contributed by atoms with E-state index in [1.165, 1.54) is 12.1 Å². The van der Waals surface area contributed by atoms with Crippen LogP contribution in [-0.4, -0.2) is 15.0 Å². The minimum atomic E-state index is -0.279. The molecule has 5 aromatic rings. The molecule has 2 aromatic heterocycles. The van der Waals surface area contributed by atoms with E-state index >= 15 is 0 Å². The first kappa shape index (κ1) is 19.7. The van der Waals surface area contributed by atoms with Crippen molar-refractivity contribution in [3.63, 3.8) is 0 Å². The van der Waals surface area contributed by atoms with Crippen molar-refractivity contribution < 1.29 is 9.13 Å². The Morgan fingerprint density at radius 2 is 1.53 bits per heavy atom. The molecule has 5 rings (SSSR count). The van der Waals surface area contributed by atoms with Crippen LogP contribution < -0.4 is 4.74 Å². The largest absolute Gasteiger partial charge is 0.489 e. The minimum Gasteiger partial charge on any atom is -0.489 e. The number of benzene rings is 3. The Bertz CT molecular complexity index is 1320. The van der Waals surface area contributed by atoms with Crippen molar-refractivity contribution in [2.45, 2.75) is 6.61 Å². The average molecular weight is 421 g/mol. The first-order valence-corrected chi connectivity index (χ1v) is 10.3. The number of ether oxygens (including phenoxy) is 1. The van der Waals surface area contributed by atoms with Crippen LogP contribution in [-0.2, 0) is 6.61 Å². The van der Waals surface area contributed by atoms with Crippen LogP contribution in [0.1, 0.15) is 5.56 Å². The molecule has 0 saturated carbocycles. The highest BCUT2D eigenvalue weighted by Crippen LogP contribution is 2.33. The number of hydrogen-bond acceptors (Lipinski definition) is 3. The van der Waals surface area contributed by atoms with E-state index in [2.05, 4.69) is 9.97 Å². The van der Waals surface area contributed by atoms with Crippen molar-refractivity contribution >= 4 is 0 Å². The number of halogens is 1. The lowest BCUT2D eigenvalue weighted by Gasteiger charge is -2.07. The van der Waals surface area contributed by atoms with Gasteiger partial charge in [0.15, 0.2) is 0 Å². The van der Waals surface area contributed by atoms with Gasteiger partial charge in [0.1, 0.15) is 24.0 Å². The lowest BCUT2D eigenvalue weighted by Crippen LogP contribution is -1.95. The molecule has 0 aliphatic rings. The van der Waals surface area contributed by atoms with Gasteiger partial charge in [-0.3, -0.25) is 4.98 Å². The predicted octanol–water partition coefficient (Wildman–Crippen LogP) is 6.52. The highest BCUT2D eigenvalue weighted by Gasteiger charge is 2.16. The molecule has 0 fully saturated rings. The molecule has 5 heteroatoms. The molecule has 4 nitrogen and oxygen atoms in total. The summed E-state index contributed by atoms with van der Waals surface area (Å²) in [6, 6.07) is 28.1. The van der Waals surface area contributed by atoms with Crippen LogP contribution >= 0.6 is 0 Å². The molecule has 0 aliphatic carbocycles. The van der Waals surface area contributed by atoms with Gasteiger partial charge in [0.05, 0.1) is 11.4 Å². The number of nitrogens with zero attached hydrogens (tertiary/aromatic N) is 2. The van der Waals surface area contributed by atoms with Crippen molar-refractivity contribution in [2.24, 2.45) is 0 Å². The lowest BCUT2D eigenvalue weighted by atomic mass is 10.1. The van der Waals surface area contributed by atoms with Gasteiger partial charge in [-0.1, -0.05) is 42.5 Å². The number of nitrogens with one attached hydrogen (secondary N) is 1. The Kier molecular flexibility index (Phi) is 5.45. The molecular weight excluding hydrogens is 401 g/mol. The summed E-state index contributed by atoms with van der Waals surface area (Å²) in [6.45, 7) is 0.492. The van der Waals surface area contributed by atoms with Crippen LogP contribution in [0, 0.1) is 5.82 Å². The number of hydrogen-bond donors (Lipinski definition) is 1. The van der Waals surface area contributed by atoms with Gasteiger partial charge in [-0.25, -0.2) is 9.37 Å². The summed E-state index contributed by atoms with van der Waals surface area (Å²) in [6.07, 6.45) is 3.48. The highest BCUT2D eigenvalue weighted by atomic mass is 19.1. The van der Waals surface area contributed by atoms with Crippen molar-refractivity contribution in [3.05, 3.63) is 115 Å². The molecule has 3 aromatic carbocycles. The van der Waals surface area contributed by atoms with Crippen LogP contribution in [0.15, 0.2) is 103 Å². The Labute approximate surface area is 185 Å². The van der Waals surface area contributed by atoms with Gasteiger partial charge in [0.25, 0.3) is 0 Å². The fraction of sp³-hybridized carbons (Fsp3) is 0.0370. The van der Waals surface area contributed by atoms with Gasteiger partial charge in [-0.2, -0.15) is 0 Å². The second-order valence-corrected chi connectivity index (χ2v) is 7.35. The van der Waals surface area contributed by atoms with Crippen LogP contribution in [0.2, 0.25) is 0 Å². The number of imidazole rings is 1. The third kappa shape index (κ3) is 4.27. The van der Waals surface area contributed by atoms with E-state index in [1.54, 1.807) is 24.5 Å². The summed E-state index contributed by atoms with van der Waals surface area (Å²) in [5.41, 5.74) is 5.40. The zero-order valence-corrected chi connectivity index (χ0v) is 17.2. The van der Waals surface area contributed by atoms with Crippen LogP contribution in [0.4, 0.5) is 4.39 Å². The molecule has 32 heavy (non-hydrogen) atoms. The van der Waals surface area contributed by atoms with E-state index in [4.69, 9.17) is 9.72 Å². The fourth-order valence-electron chi connectivity index (χ4n) is 3.53. The first-order chi connectivity index (χ1) is 15.8. The van der Waals surface area contributed by atoms with Crippen LogP contribution in [0.5, 0.6) is 5.75 Å². The number of aromatic nitrogens is 3. The smallest absolute Gasteiger partial charge is 0.138 e. The molecule has 0 bridgehead atoms. The van der Waals surface area contributed by atoms with Gasteiger partial charge in [0, 0.05) is 29.1 Å². The van der Waals surface area contributed by atoms with Crippen molar-refractivity contribution in [3.8, 4) is 39.7 Å². The van der Waals surface area contributed by atoms with Gasteiger partial charge < -0.3 is 9.72 Å². The topological polar surface area (TPSA) is 50.8 Å². The maximum Gasteiger partial charge on any atom is 0.138 e. The third-order valence-electron chi connectivity index (χ3n) is 5.15. The zero-order valence-electron chi connectivity index (χ0n) is 17.2. The molecule has 156 valence electrons. The second kappa shape index (κ2) is 8.86. The van der Waals surface area contributed by atoms with E-state index in [0.717, 1.165) is 39.4 Å². The maximum absolute atomic E-state index is 13.5. The molecule has 0 saturated heterocycles. The average Bonchev–Trinajstić information content (AvgIpc) is 3.30. The quantitative estimate of drug-likeness (QED) is 0.339. The van der Waals surface area contributed by atoms with Gasteiger partial charge >= 0.3 is 0 Å². The second-order valence-electron chi connectivity index (χ2n) is 7.35. The molecule has 0 unspecified atom stereocenters. The summed E-state index contributed by atoms with van der Waals surface area (Å²) in [5.74, 6) is 1.19. The fourth-order valence-corrected chi connectivity index (χ4v) is 3.53. The van der Waals surface area contributed by atoms with E-state index < -0.39 is 0 Å². The van der Waals surface area contributed by atoms with E-state index in [-0.39, 0.29) is 5.82 Å². The number of pyridine rings is 1. The predicted molar refractivity (Wildman–Crippen MR) is 123 cm³/mol. The number of aromatic amines is 1. The normalized spacial score (nSPS) is 10.8. The Morgan fingerprint density at radius 3 is 2.31 bits per heavy atom. The molecule has 2 heterocycles. The number of rotatable bonds is 6. The Morgan fingerprint density at radius 1 is 0.750 bits per heavy atom. The number of H-pyrrole nitrogens is 1. The summed E-state index contributed by atoms with van der Waals surface area (Å²) >= 11 is 0. The third-order valence-corrected chi connectivity index (χ3v) is 5.15. The summed E-state index contributed by atoms with van der Waals surface area (Å²) in [4.78, 5) is 12.4. The minimum absolute atomic E-state index is 0.279. The van der Waals surface area contributed by atoms with Crippen molar-refractivity contribution in [1.29, 1.82) is 0 Å².